The number of nitrogens with zero attached hydrogens (tertiary/aromatic N) is 2. The molecule has 0 radical (unpaired) electrons. The third kappa shape index (κ3) is 1.70. The molecular formula is C13H9F2N3O2. The van der Waals surface area contributed by atoms with Gasteiger partial charge in [0.05, 0.1) is 23.9 Å². The zero-order chi connectivity index (χ0) is 14.4. The number of aromatic amines is 1. The summed E-state index contributed by atoms with van der Waals surface area (Å²) in [6, 6.07) is 1.51. The Labute approximate surface area is 112 Å². The molecule has 2 heterocycles. The molecule has 7 heteroatoms. The highest BCUT2D eigenvalue weighted by Crippen LogP contribution is 2.26. The maximum absolute atomic E-state index is 13.2. The molecule has 3 rings (SSSR count). The average Bonchev–Trinajstić information content (AvgIpc) is 2.90. The van der Waals surface area contributed by atoms with Crippen LogP contribution in [0.3, 0.4) is 0 Å². The molecule has 2 amide bonds. The number of benzene rings is 1. The van der Waals surface area contributed by atoms with Crippen molar-refractivity contribution in [1.82, 2.24) is 15.1 Å². The van der Waals surface area contributed by atoms with E-state index in [1.165, 1.54) is 6.20 Å². The molecule has 20 heavy (non-hydrogen) atoms. The van der Waals surface area contributed by atoms with Gasteiger partial charge in [0.25, 0.3) is 11.8 Å². The molecule has 0 saturated carbocycles. The molecule has 1 aromatic carbocycles. The van der Waals surface area contributed by atoms with E-state index < -0.39 is 23.4 Å². The van der Waals surface area contributed by atoms with Gasteiger partial charge in [0.1, 0.15) is 0 Å². The lowest BCUT2D eigenvalue weighted by Gasteiger charge is -2.12. The predicted molar refractivity (Wildman–Crippen MR) is 63.9 cm³/mol. The number of aryl methyl sites for hydroxylation is 1. The van der Waals surface area contributed by atoms with Crippen LogP contribution >= 0.6 is 0 Å². The topological polar surface area (TPSA) is 66.1 Å². The van der Waals surface area contributed by atoms with Crippen molar-refractivity contribution in [2.45, 2.75) is 13.5 Å². The lowest BCUT2D eigenvalue weighted by atomic mass is 10.1. The number of halogens is 2. The molecule has 1 N–H and O–H groups in total. The van der Waals surface area contributed by atoms with Crippen molar-refractivity contribution in [2.75, 3.05) is 0 Å². The van der Waals surface area contributed by atoms with Gasteiger partial charge in [0.15, 0.2) is 11.6 Å². The molecule has 0 bridgehead atoms. The normalized spacial score (nSPS) is 14.1. The average molecular weight is 277 g/mol. The molecule has 0 aliphatic carbocycles. The molecule has 5 nitrogen and oxygen atoms in total. The van der Waals surface area contributed by atoms with Crippen LogP contribution in [0, 0.1) is 18.6 Å². The summed E-state index contributed by atoms with van der Waals surface area (Å²) in [5.74, 6) is -3.56. The second-order valence-corrected chi connectivity index (χ2v) is 4.53. The van der Waals surface area contributed by atoms with Gasteiger partial charge >= 0.3 is 0 Å². The van der Waals surface area contributed by atoms with E-state index >= 15 is 0 Å². The van der Waals surface area contributed by atoms with E-state index in [9.17, 15) is 18.4 Å². The van der Waals surface area contributed by atoms with Gasteiger partial charge < -0.3 is 0 Å². The van der Waals surface area contributed by atoms with E-state index in [4.69, 9.17) is 0 Å². The minimum absolute atomic E-state index is 0.0118. The first kappa shape index (κ1) is 12.5. The maximum atomic E-state index is 13.2. The molecule has 1 aromatic heterocycles. The van der Waals surface area contributed by atoms with Crippen LogP contribution in [-0.2, 0) is 6.54 Å². The summed E-state index contributed by atoms with van der Waals surface area (Å²) in [5, 5.41) is 6.49. The Morgan fingerprint density at radius 2 is 1.70 bits per heavy atom. The van der Waals surface area contributed by atoms with E-state index in [0.29, 0.717) is 5.56 Å². The van der Waals surface area contributed by atoms with Gasteiger partial charge in [-0.3, -0.25) is 19.6 Å². The van der Waals surface area contributed by atoms with Crippen LogP contribution in [0.4, 0.5) is 8.78 Å². The maximum Gasteiger partial charge on any atom is 0.261 e. The highest BCUT2D eigenvalue weighted by molar-refractivity contribution is 6.21. The summed E-state index contributed by atoms with van der Waals surface area (Å²) in [6.07, 6.45) is 1.50. The Kier molecular flexibility index (Phi) is 2.63. The van der Waals surface area contributed by atoms with Crippen LogP contribution in [-0.4, -0.2) is 26.9 Å². The van der Waals surface area contributed by atoms with Crippen LogP contribution < -0.4 is 0 Å². The van der Waals surface area contributed by atoms with Crippen LogP contribution in [0.25, 0.3) is 0 Å². The van der Waals surface area contributed by atoms with Gasteiger partial charge in [0.2, 0.25) is 0 Å². The third-order valence-electron chi connectivity index (χ3n) is 3.27. The quantitative estimate of drug-likeness (QED) is 0.851. The molecule has 1 aliphatic heterocycles. The second-order valence-electron chi connectivity index (χ2n) is 4.53. The van der Waals surface area contributed by atoms with Gasteiger partial charge in [-0.05, 0) is 19.1 Å². The molecular weight excluding hydrogens is 268 g/mol. The fourth-order valence-corrected chi connectivity index (χ4v) is 2.13. The van der Waals surface area contributed by atoms with Crippen LogP contribution in [0.5, 0.6) is 0 Å². The number of fused-ring (bicyclic) bond motifs is 1. The van der Waals surface area contributed by atoms with E-state index in [0.717, 1.165) is 22.7 Å². The second kappa shape index (κ2) is 4.22. The first-order valence-corrected chi connectivity index (χ1v) is 5.83. The molecule has 0 unspecified atom stereocenters. The highest BCUT2D eigenvalue weighted by atomic mass is 19.2. The summed E-state index contributed by atoms with van der Waals surface area (Å²) >= 11 is 0. The molecule has 102 valence electrons. The fourth-order valence-electron chi connectivity index (χ4n) is 2.13. The number of nitrogens with one attached hydrogen (secondary N) is 1. The lowest BCUT2D eigenvalue weighted by molar-refractivity contribution is 0.0642. The van der Waals surface area contributed by atoms with Crippen molar-refractivity contribution in [1.29, 1.82) is 0 Å². The summed E-state index contributed by atoms with van der Waals surface area (Å²) in [4.78, 5) is 25.1. The van der Waals surface area contributed by atoms with Crippen molar-refractivity contribution in [3.05, 3.63) is 52.3 Å². The standard InChI is InChI=1S/C13H9F2N3O2/c1-6-7(4-16-17-6)5-18-12(19)8-2-10(14)11(15)3-9(8)13(18)20/h2-4H,5H2,1H3,(H,16,17). The van der Waals surface area contributed by atoms with Crippen molar-refractivity contribution in [3.63, 3.8) is 0 Å². The Hall–Kier alpha value is -2.57. The van der Waals surface area contributed by atoms with Crippen molar-refractivity contribution < 1.29 is 18.4 Å². The summed E-state index contributed by atoms with van der Waals surface area (Å²) in [5.41, 5.74) is 1.16. The lowest BCUT2D eigenvalue weighted by Crippen LogP contribution is -2.29. The van der Waals surface area contributed by atoms with Crippen LogP contribution in [0.1, 0.15) is 32.0 Å². The van der Waals surface area contributed by atoms with E-state index in [-0.39, 0.29) is 17.7 Å². The number of hydrogen-bond acceptors (Lipinski definition) is 3. The minimum atomic E-state index is -1.15. The van der Waals surface area contributed by atoms with Gasteiger partial charge in [-0.25, -0.2) is 8.78 Å². The summed E-state index contributed by atoms with van der Waals surface area (Å²) in [7, 11) is 0. The number of aromatic nitrogens is 2. The predicted octanol–water partition coefficient (Wildman–Crippen LogP) is 1.79. The number of carbonyl (C=O) groups excluding carboxylic acids is 2. The highest BCUT2D eigenvalue weighted by Gasteiger charge is 2.37. The van der Waals surface area contributed by atoms with Gasteiger partial charge in [-0.2, -0.15) is 5.10 Å². The summed E-state index contributed by atoms with van der Waals surface area (Å²) in [6.45, 7) is 1.76. The van der Waals surface area contributed by atoms with Crippen molar-refractivity contribution in [3.8, 4) is 0 Å². The van der Waals surface area contributed by atoms with Gasteiger partial charge in [-0.15, -0.1) is 0 Å². The number of carbonyl (C=O) groups is 2. The molecule has 0 atom stereocenters. The number of rotatable bonds is 2. The first-order chi connectivity index (χ1) is 9.49. The molecule has 0 saturated heterocycles. The van der Waals surface area contributed by atoms with Gasteiger partial charge in [-0.1, -0.05) is 0 Å². The van der Waals surface area contributed by atoms with Gasteiger partial charge in [0, 0.05) is 11.3 Å². The number of H-pyrrole nitrogens is 1. The number of amides is 2. The van der Waals surface area contributed by atoms with Crippen molar-refractivity contribution >= 4 is 11.8 Å². The Morgan fingerprint density at radius 1 is 1.15 bits per heavy atom. The monoisotopic (exact) mass is 277 g/mol. The molecule has 1 aliphatic rings. The SMILES string of the molecule is Cc1[nH]ncc1CN1C(=O)c2cc(F)c(F)cc2C1=O. The zero-order valence-electron chi connectivity index (χ0n) is 10.4. The summed E-state index contributed by atoms with van der Waals surface area (Å²) < 4.78 is 26.3. The number of hydrogen-bond donors (Lipinski definition) is 1. The third-order valence-corrected chi connectivity index (χ3v) is 3.27. The number of imide groups is 1. The van der Waals surface area contributed by atoms with Crippen LogP contribution in [0.15, 0.2) is 18.3 Å². The first-order valence-electron chi connectivity index (χ1n) is 5.83. The van der Waals surface area contributed by atoms with E-state index in [1.54, 1.807) is 6.92 Å². The Balaban J connectivity index is 1.99. The Bertz CT molecular complexity index is 698. The van der Waals surface area contributed by atoms with E-state index in [2.05, 4.69) is 10.2 Å². The minimum Gasteiger partial charge on any atom is -0.283 e. The molecule has 0 fully saturated rings. The van der Waals surface area contributed by atoms with E-state index in [1.807, 2.05) is 0 Å². The largest absolute Gasteiger partial charge is 0.283 e. The zero-order valence-corrected chi connectivity index (χ0v) is 10.4. The van der Waals surface area contributed by atoms with Crippen molar-refractivity contribution in [2.24, 2.45) is 0 Å². The molecule has 0 spiro atoms. The fraction of sp³-hybridized carbons (Fsp3) is 0.154. The smallest absolute Gasteiger partial charge is 0.261 e. The van der Waals surface area contributed by atoms with Crippen LogP contribution in [0.2, 0.25) is 0 Å². The Morgan fingerprint density at radius 3 is 2.15 bits per heavy atom. The molecule has 2 aromatic rings.